The van der Waals surface area contributed by atoms with Crippen LogP contribution in [0, 0.1) is 5.41 Å². The van der Waals surface area contributed by atoms with Crippen LogP contribution in [0.25, 0.3) is 0 Å². The quantitative estimate of drug-likeness (QED) is 0.903. The topological polar surface area (TPSA) is 59.1 Å². The third kappa shape index (κ3) is 3.69. The van der Waals surface area contributed by atoms with E-state index < -0.39 is 10.0 Å². The lowest BCUT2D eigenvalue weighted by Crippen LogP contribution is -2.33. The smallest absolute Gasteiger partial charge is 0.232 e. The van der Waals surface area contributed by atoms with E-state index >= 15 is 0 Å². The molecule has 0 bridgehead atoms. The van der Waals surface area contributed by atoms with E-state index in [0.717, 1.165) is 17.8 Å². The minimum Gasteiger partial charge on any atom is -0.232 e. The van der Waals surface area contributed by atoms with Gasteiger partial charge in [-0.25, -0.2) is 18.1 Å². The molecule has 4 nitrogen and oxygen atoms in total. The molecule has 7 heteroatoms. The van der Waals surface area contributed by atoms with E-state index in [-0.39, 0.29) is 14.1 Å². The van der Waals surface area contributed by atoms with Crippen LogP contribution in [-0.4, -0.2) is 19.9 Å². The SMILES string of the molecule is CCC(C)(C)CNS(=O)(=O)c1cnc(Cl)s1. The Balaban J connectivity index is 2.74. The third-order valence-corrected chi connectivity index (χ3v) is 5.40. The lowest BCUT2D eigenvalue weighted by molar-refractivity contribution is 0.350. The third-order valence-electron chi connectivity index (χ3n) is 2.42. The van der Waals surface area contributed by atoms with Crippen molar-refractivity contribution in [2.45, 2.75) is 31.4 Å². The number of hydrogen-bond acceptors (Lipinski definition) is 4. The van der Waals surface area contributed by atoms with E-state index in [1.807, 2.05) is 20.8 Å². The summed E-state index contributed by atoms with van der Waals surface area (Å²) in [6, 6.07) is 0. The van der Waals surface area contributed by atoms with Crippen molar-refractivity contribution in [1.29, 1.82) is 0 Å². The maximum absolute atomic E-state index is 11.8. The normalized spacial score (nSPS) is 13.0. The summed E-state index contributed by atoms with van der Waals surface area (Å²) in [6.45, 7) is 6.45. The molecule has 0 atom stereocenters. The van der Waals surface area contributed by atoms with Crippen LogP contribution >= 0.6 is 22.9 Å². The molecule has 0 aliphatic carbocycles. The first kappa shape index (κ1) is 13.9. The van der Waals surface area contributed by atoms with Gasteiger partial charge < -0.3 is 0 Å². The molecule has 92 valence electrons. The number of nitrogens with zero attached hydrogens (tertiary/aromatic N) is 1. The lowest BCUT2D eigenvalue weighted by Gasteiger charge is -2.22. The zero-order valence-electron chi connectivity index (χ0n) is 9.45. The van der Waals surface area contributed by atoms with Crippen molar-refractivity contribution in [3.63, 3.8) is 0 Å². The molecule has 0 fully saturated rings. The van der Waals surface area contributed by atoms with Crippen molar-refractivity contribution in [2.24, 2.45) is 5.41 Å². The summed E-state index contributed by atoms with van der Waals surface area (Å²) < 4.78 is 26.6. The summed E-state index contributed by atoms with van der Waals surface area (Å²) in [5.74, 6) is 0. The van der Waals surface area contributed by atoms with Gasteiger partial charge in [-0.3, -0.25) is 0 Å². The first-order chi connectivity index (χ1) is 7.27. The highest BCUT2D eigenvalue weighted by atomic mass is 35.5. The van der Waals surface area contributed by atoms with Gasteiger partial charge in [-0.2, -0.15) is 0 Å². The largest absolute Gasteiger partial charge is 0.251 e. The molecule has 1 heterocycles. The molecule has 1 aromatic rings. The second-order valence-electron chi connectivity index (χ2n) is 4.27. The molecule has 1 aromatic heterocycles. The molecule has 0 saturated carbocycles. The zero-order chi connectivity index (χ0) is 12.4. The van der Waals surface area contributed by atoms with Gasteiger partial charge in [0.15, 0.2) is 8.68 Å². The second-order valence-corrected chi connectivity index (χ2v) is 7.88. The van der Waals surface area contributed by atoms with Crippen LogP contribution in [0.3, 0.4) is 0 Å². The minimum absolute atomic E-state index is 0.0540. The highest BCUT2D eigenvalue weighted by Gasteiger charge is 2.22. The summed E-state index contributed by atoms with van der Waals surface area (Å²) in [5.41, 5.74) is -0.0540. The van der Waals surface area contributed by atoms with Crippen molar-refractivity contribution in [2.75, 3.05) is 6.54 Å². The van der Waals surface area contributed by atoms with Crippen LogP contribution in [0.4, 0.5) is 0 Å². The average molecular weight is 283 g/mol. The Hall–Kier alpha value is -0.170. The molecule has 0 saturated heterocycles. The van der Waals surface area contributed by atoms with E-state index in [1.54, 1.807) is 0 Å². The Kier molecular flexibility index (Phi) is 4.34. The summed E-state index contributed by atoms with van der Waals surface area (Å²) in [6.07, 6.45) is 2.17. The van der Waals surface area contributed by atoms with Crippen LogP contribution in [0.15, 0.2) is 10.4 Å². The van der Waals surface area contributed by atoms with Gasteiger partial charge in [-0.05, 0) is 11.8 Å². The maximum atomic E-state index is 11.8. The minimum atomic E-state index is -3.46. The molecule has 0 unspecified atom stereocenters. The van der Waals surface area contributed by atoms with Crippen molar-refractivity contribution >= 4 is 33.0 Å². The van der Waals surface area contributed by atoms with Crippen LogP contribution < -0.4 is 4.72 Å². The highest BCUT2D eigenvalue weighted by Crippen LogP contribution is 2.24. The van der Waals surface area contributed by atoms with Crippen molar-refractivity contribution < 1.29 is 8.42 Å². The number of thiazole rings is 1. The number of hydrogen-bond donors (Lipinski definition) is 1. The average Bonchev–Trinajstić information content (AvgIpc) is 2.63. The second kappa shape index (κ2) is 5.00. The Morgan fingerprint density at radius 2 is 2.19 bits per heavy atom. The Morgan fingerprint density at radius 3 is 2.62 bits per heavy atom. The fraction of sp³-hybridized carbons (Fsp3) is 0.667. The summed E-state index contributed by atoms with van der Waals surface area (Å²) in [7, 11) is -3.46. The van der Waals surface area contributed by atoms with Crippen molar-refractivity contribution in [3.8, 4) is 0 Å². The van der Waals surface area contributed by atoms with Gasteiger partial charge in [0.2, 0.25) is 0 Å². The molecule has 1 N–H and O–H groups in total. The van der Waals surface area contributed by atoms with E-state index in [0.29, 0.717) is 6.54 Å². The zero-order valence-corrected chi connectivity index (χ0v) is 11.8. The number of nitrogens with one attached hydrogen (secondary N) is 1. The predicted molar refractivity (Wildman–Crippen MR) is 66.4 cm³/mol. The Bertz CT molecular complexity index is 454. The van der Waals surface area contributed by atoms with Gasteiger partial charge in [-0.1, -0.05) is 43.7 Å². The predicted octanol–water partition coefficient (Wildman–Crippen LogP) is 2.51. The van der Waals surface area contributed by atoms with Gasteiger partial charge in [0.25, 0.3) is 10.0 Å². The van der Waals surface area contributed by atoms with Gasteiger partial charge in [-0.15, -0.1) is 0 Å². The highest BCUT2D eigenvalue weighted by molar-refractivity contribution is 7.91. The first-order valence-electron chi connectivity index (χ1n) is 4.88. The summed E-state index contributed by atoms with van der Waals surface area (Å²) in [5, 5.41) is 0. The van der Waals surface area contributed by atoms with Gasteiger partial charge in [0.05, 0.1) is 6.20 Å². The molecular weight excluding hydrogens is 268 g/mol. The van der Waals surface area contributed by atoms with Crippen LogP contribution in [0.5, 0.6) is 0 Å². The van der Waals surface area contributed by atoms with E-state index in [9.17, 15) is 8.42 Å². The van der Waals surface area contributed by atoms with E-state index in [2.05, 4.69) is 9.71 Å². The summed E-state index contributed by atoms with van der Waals surface area (Å²) in [4.78, 5) is 3.71. The van der Waals surface area contributed by atoms with E-state index in [4.69, 9.17) is 11.6 Å². The van der Waals surface area contributed by atoms with Crippen LogP contribution in [0.1, 0.15) is 27.2 Å². The standard InChI is InChI=1S/C9H15ClN2O2S2/c1-4-9(2,3)6-12-16(13,14)7-5-11-8(10)15-7/h5,12H,4,6H2,1-3H3. The molecular formula is C9H15ClN2O2S2. The molecule has 0 aromatic carbocycles. The number of rotatable bonds is 5. The van der Waals surface area contributed by atoms with Crippen LogP contribution in [-0.2, 0) is 10.0 Å². The number of sulfonamides is 1. The first-order valence-corrected chi connectivity index (χ1v) is 7.55. The molecule has 0 aliphatic rings. The Morgan fingerprint density at radius 1 is 1.56 bits per heavy atom. The fourth-order valence-corrected chi connectivity index (χ4v) is 3.43. The van der Waals surface area contributed by atoms with Crippen LogP contribution in [0.2, 0.25) is 4.47 Å². The lowest BCUT2D eigenvalue weighted by atomic mass is 9.91. The van der Waals surface area contributed by atoms with Gasteiger partial charge in [0, 0.05) is 6.54 Å². The Labute approximate surface area is 105 Å². The molecule has 0 radical (unpaired) electrons. The maximum Gasteiger partial charge on any atom is 0.251 e. The number of halogens is 1. The van der Waals surface area contributed by atoms with E-state index in [1.165, 1.54) is 6.20 Å². The van der Waals surface area contributed by atoms with Gasteiger partial charge in [0.1, 0.15) is 0 Å². The van der Waals surface area contributed by atoms with Crippen molar-refractivity contribution in [3.05, 3.63) is 10.7 Å². The molecule has 0 aliphatic heterocycles. The number of aromatic nitrogens is 1. The van der Waals surface area contributed by atoms with Gasteiger partial charge >= 0.3 is 0 Å². The fourth-order valence-electron chi connectivity index (χ4n) is 0.850. The monoisotopic (exact) mass is 282 g/mol. The molecule has 16 heavy (non-hydrogen) atoms. The summed E-state index contributed by atoms with van der Waals surface area (Å²) >= 11 is 6.56. The molecule has 0 amide bonds. The molecule has 1 rings (SSSR count). The van der Waals surface area contributed by atoms with Crippen molar-refractivity contribution in [1.82, 2.24) is 9.71 Å². The molecule has 0 spiro atoms.